The molecule has 1 aliphatic carbocycles. The van der Waals surface area contributed by atoms with E-state index in [2.05, 4.69) is 50.8 Å². The lowest BCUT2D eigenvalue weighted by molar-refractivity contribution is 0.247. The van der Waals surface area contributed by atoms with E-state index in [4.69, 9.17) is 5.73 Å². The van der Waals surface area contributed by atoms with E-state index in [9.17, 15) is 4.79 Å². The van der Waals surface area contributed by atoms with Gasteiger partial charge < -0.3 is 16.4 Å². The first-order valence-electron chi connectivity index (χ1n) is 6.17. The molecule has 0 atom stereocenters. The lowest BCUT2D eigenvalue weighted by Crippen LogP contribution is -2.44. The number of benzene rings is 1. The molecule has 0 aliphatic heterocycles. The van der Waals surface area contributed by atoms with E-state index in [0.29, 0.717) is 18.5 Å². The maximum Gasteiger partial charge on any atom is 0.312 e. The van der Waals surface area contributed by atoms with Gasteiger partial charge in [0, 0.05) is 23.6 Å². The van der Waals surface area contributed by atoms with Crippen LogP contribution in [-0.4, -0.2) is 25.2 Å². The molecule has 0 unspecified atom stereocenters. The van der Waals surface area contributed by atoms with Crippen LogP contribution < -0.4 is 16.4 Å². The van der Waals surface area contributed by atoms with Gasteiger partial charge in [-0.15, -0.1) is 0 Å². The summed E-state index contributed by atoms with van der Waals surface area (Å²) in [6.07, 6.45) is 2.33. The van der Waals surface area contributed by atoms with Crippen molar-refractivity contribution in [3.63, 3.8) is 0 Å². The highest BCUT2D eigenvalue weighted by atomic mass is 79.9. The molecule has 5 heteroatoms. The standard InChI is InChI=1S/C13H18BrN3O/c14-11-3-1-9(2-4-11)10-7-12(8-10)16-5-6-17-13(15)18/h1-4,10,12,16H,5-8H2,(H3,15,17,18). The molecule has 4 N–H and O–H groups in total. The summed E-state index contributed by atoms with van der Waals surface area (Å²) in [7, 11) is 0. The van der Waals surface area contributed by atoms with E-state index < -0.39 is 6.03 Å². The molecule has 2 amide bonds. The molecule has 0 bridgehead atoms. The molecule has 1 aromatic rings. The Morgan fingerprint density at radius 3 is 2.56 bits per heavy atom. The first kappa shape index (κ1) is 13.4. The maximum atomic E-state index is 10.5. The van der Waals surface area contributed by atoms with Gasteiger partial charge in [-0.1, -0.05) is 28.1 Å². The number of hydrogen-bond donors (Lipinski definition) is 3. The zero-order valence-corrected chi connectivity index (χ0v) is 11.7. The minimum atomic E-state index is -0.460. The van der Waals surface area contributed by atoms with Crippen LogP contribution in [0.2, 0.25) is 0 Å². The number of halogens is 1. The maximum absolute atomic E-state index is 10.5. The van der Waals surface area contributed by atoms with Gasteiger partial charge in [-0.3, -0.25) is 0 Å². The Balaban J connectivity index is 1.64. The van der Waals surface area contributed by atoms with Crippen LogP contribution in [0.25, 0.3) is 0 Å². The van der Waals surface area contributed by atoms with Crippen LogP contribution >= 0.6 is 15.9 Å². The van der Waals surface area contributed by atoms with E-state index in [1.807, 2.05) is 0 Å². The number of nitrogens with two attached hydrogens (primary N) is 1. The molecule has 0 saturated heterocycles. The third kappa shape index (κ3) is 3.71. The predicted molar refractivity (Wildman–Crippen MR) is 75.5 cm³/mol. The topological polar surface area (TPSA) is 67.2 Å². The molecule has 1 fully saturated rings. The van der Waals surface area contributed by atoms with Gasteiger partial charge in [0.05, 0.1) is 0 Å². The number of carbonyl (C=O) groups excluding carboxylic acids is 1. The highest BCUT2D eigenvalue weighted by Gasteiger charge is 2.29. The van der Waals surface area contributed by atoms with Gasteiger partial charge in [-0.2, -0.15) is 0 Å². The molecule has 0 heterocycles. The zero-order chi connectivity index (χ0) is 13.0. The summed E-state index contributed by atoms with van der Waals surface area (Å²) in [6.45, 7) is 1.37. The Labute approximate surface area is 115 Å². The van der Waals surface area contributed by atoms with Crippen molar-refractivity contribution in [1.82, 2.24) is 10.6 Å². The van der Waals surface area contributed by atoms with Crippen molar-refractivity contribution in [2.45, 2.75) is 24.8 Å². The molecule has 0 aromatic heterocycles. The van der Waals surface area contributed by atoms with E-state index in [1.165, 1.54) is 5.56 Å². The summed E-state index contributed by atoms with van der Waals surface area (Å²) in [4.78, 5) is 10.5. The number of rotatable bonds is 5. The largest absolute Gasteiger partial charge is 0.352 e. The van der Waals surface area contributed by atoms with Gasteiger partial charge in [-0.25, -0.2) is 4.79 Å². The minimum Gasteiger partial charge on any atom is -0.352 e. The van der Waals surface area contributed by atoms with Crippen LogP contribution in [0.3, 0.4) is 0 Å². The minimum absolute atomic E-state index is 0.460. The van der Waals surface area contributed by atoms with Gasteiger partial charge in [0.25, 0.3) is 0 Å². The second-order valence-electron chi connectivity index (χ2n) is 4.66. The first-order valence-corrected chi connectivity index (χ1v) is 6.96. The van der Waals surface area contributed by atoms with Crippen molar-refractivity contribution in [3.05, 3.63) is 34.3 Å². The highest BCUT2D eigenvalue weighted by molar-refractivity contribution is 9.10. The van der Waals surface area contributed by atoms with Crippen molar-refractivity contribution in [3.8, 4) is 0 Å². The van der Waals surface area contributed by atoms with Crippen LogP contribution in [0.1, 0.15) is 24.3 Å². The quantitative estimate of drug-likeness (QED) is 0.728. The predicted octanol–water partition coefficient (Wildman–Crippen LogP) is 1.95. The monoisotopic (exact) mass is 311 g/mol. The summed E-state index contributed by atoms with van der Waals surface area (Å²) in [5.41, 5.74) is 6.39. The molecule has 1 aromatic carbocycles. The second-order valence-corrected chi connectivity index (χ2v) is 5.58. The average Bonchev–Trinajstić information content (AvgIpc) is 2.28. The van der Waals surface area contributed by atoms with Crippen LogP contribution in [0.4, 0.5) is 4.79 Å². The first-order chi connectivity index (χ1) is 8.65. The molecular formula is C13H18BrN3O. The van der Waals surface area contributed by atoms with Crippen molar-refractivity contribution >= 4 is 22.0 Å². The summed E-state index contributed by atoms with van der Waals surface area (Å²) in [5, 5.41) is 5.98. The summed E-state index contributed by atoms with van der Waals surface area (Å²) in [5.74, 6) is 0.666. The Hall–Kier alpha value is -1.07. The van der Waals surface area contributed by atoms with Gasteiger partial charge in [0.2, 0.25) is 0 Å². The highest BCUT2D eigenvalue weighted by Crippen LogP contribution is 2.37. The molecule has 2 rings (SSSR count). The van der Waals surface area contributed by atoms with E-state index in [-0.39, 0.29) is 0 Å². The third-order valence-electron chi connectivity index (χ3n) is 3.34. The summed E-state index contributed by atoms with van der Waals surface area (Å²) >= 11 is 3.44. The number of urea groups is 1. The van der Waals surface area contributed by atoms with E-state index in [1.54, 1.807) is 0 Å². The smallest absolute Gasteiger partial charge is 0.312 e. The van der Waals surface area contributed by atoms with Crippen LogP contribution in [-0.2, 0) is 0 Å². The van der Waals surface area contributed by atoms with E-state index >= 15 is 0 Å². The number of hydrogen-bond acceptors (Lipinski definition) is 2. The summed E-state index contributed by atoms with van der Waals surface area (Å²) < 4.78 is 1.12. The second kappa shape index (κ2) is 6.20. The fourth-order valence-electron chi connectivity index (χ4n) is 2.25. The van der Waals surface area contributed by atoms with Gasteiger partial charge in [-0.05, 0) is 36.5 Å². The Morgan fingerprint density at radius 2 is 1.94 bits per heavy atom. The van der Waals surface area contributed by atoms with Gasteiger partial charge in [0.15, 0.2) is 0 Å². The van der Waals surface area contributed by atoms with E-state index in [0.717, 1.165) is 23.9 Å². The normalized spacial score (nSPS) is 22.3. The third-order valence-corrected chi connectivity index (χ3v) is 3.87. The lowest BCUT2D eigenvalue weighted by atomic mass is 9.76. The van der Waals surface area contributed by atoms with Crippen molar-refractivity contribution < 1.29 is 4.79 Å². The molecule has 4 nitrogen and oxygen atoms in total. The van der Waals surface area contributed by atoms with Gasteiger partial charge in [0.1, 0.15) is 0 Å². The Morgan fingerprint density at radius 1 is 1.28 bits per heavy atom. The molecular weight excluding hydrogens is 294 g/mol. The van der Waals surface area contributed by atoms with Crippen LogP contribution in [0.15, 0.2) is 28.7 Å². The Bertz CT molecular complexity index is 401. The van der Waals surface area contributed by atoms with Crippen molar-refractivity contribution in [2.75, 3.05) is 13.1 Å². The molecule has 98 valence electrons. The lowest BCUT2D eigenvalue weighted by Gasteiger charge is -2.36. The average molecular weight is 312 g/mol. The van der Waals surface area contributed by atoms with Gasteiger partial charge >= 0.3 is 6.03 Å². The molecule has 0 spiro atoms. The molecule has 1 aliphatic rings. The SMILES string of the molecule is NC(=O)NCCNC1CC(c2ccc(Br)cc2)C1. The zero-order valence-electron chi connectivity index (χ0n) is 10.2. The summed E-state index contributed by atoms with van der Waals surface area (Å²) in [6, 6.07) is 8.64. The fourth-order valence-corrected chi connectivity index (χ4v) is 2.52. The number of amides is 2. The number of primary amides is 1. The molecule has 0 radical (unpaired) electrons. The number of carbonyl (C=O) groups is 1. The molecule has 1 saturated carbocycles. The number of nitrogens with one attached hydrogen (secondary N) is 2. The van der Waals surface area contributed by atoms with Crippen molar-refractivity contribution in [1.29, 1.82) is 0 Å². The van der Waals surface area contributed by atoms with Crippen molar-refractivity contribution in [2.24, 2.45) is 5.73 Å². The Kier molecular flexibility index (Phi) is 4.60. The van der Waals surface area contributed by atoms with Crippen LogP contribution in [0, 0.1) is 0 Å². The fraction of sp³-hybridized carbons (Fsp3) is 0.462. The van der Waals surface area contributed by atoms with Crippen LogP contribution in [0.5, 0.6) is 0 Å². The molecule has 18 heavy (non-hydrogen) atoms.